The van der Waals surface area contributed by atoms with E-state index in [1.165, 1.54) is 23.3 Å². The molecule has 0 aliphatic heterocycles. The van der Waals surface area contributed by atoms with Crippen molar-refractivity contribution in [1.82, 2.24) is 0 Å². The highest BCUT2D eigenvalue weighted by Crippen LogP contribution is 2.29. The summed E-state index contributed by atoms with van der Waals surface area (Å²) < 4.78 is 0. The molecule has 116 valence electrons. The molecule has 4 heteroatoms. The van der Waals surface area contributed by atoms with Gasteiger partial charge in [-0.2, -0.15) is 0 Å². The van der Waals surface area contributed by atoms with Crippen molar-refractivity contribution in [3.05, 3.63) is 54.1 Å². The molecule has 2 aromatic rings. The Morgan fingerprint density at radius 1 is 1.14 bits per heavy atom. The SMILES string of the molecule is CCCCc1ccc(Sc2cccc(NC(=O)CN)c2)cc1. The molecule has 0 bridgehead atoms. The molecule has 0 unspecified atom stereocenters. The van der Waals surface area contributed by atoms with Gasteiger partial charge in [0, 0.05) is 15.5 Å². The first kappa shape index (κ1) is 16.6. The van der Waals surface area contributed by atoms with Crippen LogP contribution in [0.4, 0.5) is 5.69 Å². The molecule has 2 rings (SSSR count). The molecule has 1 amide bonds. The highest BCUT2D eigenvalue weighted by atomic mass is 32.2. The van der Waals surface area contributed by atoms with Crippen LogP contribution >= 0.6 is 11.8 Å². The van der Waals surface area contributed by atoms with Crippen molar-refractivity contribution in [2.75, 3.05) is 11.9 Å². The lowest BCUT2D eigenvalue weighted by Gasteiger charge is -2.07. The summed E-state index contributed by atoms with van der Waals surface area (Å²) in [6, 6.07) is 16.5. The zero-order valence-corrected chi connectivity index (χ0v) is 13.7. The molecule has 3 nitrogen and oxygen atoms in total. The number of carbonyl (C=O) groups is 1. The van der Waals surface area contributed by atoms with Gasteiger partial charge in [0.15, 0.2) is 0 Å². The number of hydrogen-bond acceptors (Lipinski definition) is 3. The van der Waals surface area contributed by atoms with Crippen LogP contribution < -0.4 is 11.1 Å². The number of rotatable bonds is 7. The summed E-state index contributed by atoms with van der Waals surface area (Å²) in [4.78, 5) is 13.6. The number of aryl methyl sites for hydroxylation is 1. The van der Waals surface area contributed by atoms with Crippen LogP contribution in [0.15, 0.2) is 58.3 Å². The van der Waals surface area contributed by atoms with Crippen molar-refractivity contribution < 1.29 is 4.79 Å². The molecular formula is C18H22N2OS. The monoisotopic (exact) mass is 314 g/mol. The van der Waals surface area contributed by atoms with Crippen LogP contribution in [0.5, 0.6) is 0 Å². The van der Waals surface area contributed by atoms with Gasteiger partial charge in [0.1, 0.15) is 0 Å². The van der Waals surface area contributed by atoms with Crippen molar-refractivity contribution in [2.24, 2.45) is 5.73 Å². The van der Waals surface area contributed by atoms with Gasteiger partial charge < -0.3 is 11.1 Å². The van der Waals surface area contributed by atoms with E-state index in [1.54, 1.807) is 11.8 Å². The molecule has 0 heterocycles. The van der Waals surface area contributed by atoms with Gasteiger partial charge in [-0.25, -0.2) is 0 Å². The summed E-state index contributed by atoms with van der Waals surface area (Å²) in [6.07, 6.45) is 3.59. The summed E-state index contributed by atoms with van der Waals surface area (Å²) in [5, 5.41) is 2.77. The first-order valence-corrected chi connectivity index (χ1v) is 8.39. The Balaban J connectivity index is 2.00. The van der Waals surface area contributed by atoms with E-state index < -0.39 is 0 Å². The van der Waals surface area contributed by atoms with Gasteiger partial charge >= 0.3 is 0 Å². The second kappa shape index (κ2) is 8.61. The molecule has 0 aliphatic rings. The van der Waals surface area contributed by atoms with Gasteiger partial charge in [0.2, 0.25) is 5.91 Å². The molecule has 0 spiro atoms. The van der Waals surface area contributed by atoms with Gasteiger partial charge in [-0.1, -0.05) is 43.3 Å². The normalized spacial score (nSPS) is 10.5. The highest BCUT2D eigenvalue weighted by Gasteiger charge is 2.02. The summed E-state index contributed by atoms with van der Waals surface area (Å²) in [6.45, 7) is 2.21. The minimum absolute atomic E-state index is 0.00338. The summed E-state index contributed by atoms with van der Waals surface area (Å²) in [5.41, 5.74) is 7.48. The zero-order chi connectivity index (χ0) is 15.8. The maximum atomic E-state index is 11.3. The van der Waals surface area contributed by atoms with Crippen LogP contribution in [0.1, 0.15) is 25.3 Å². The van der Waals surface area contributed by atoms with Crippen molar-refractivity contribution in [3.8, 4) is 0 Å². The predicted octanol–water partition coefficient (Wildman–Crippen LogP) is 4.08. The van der Waals surface area contributed by atoms with E-state index in [4.69, 9.17) is 5.73 Å². The van der Waals surface area contributed by atoms with E-state index in [9.17, 15) is 4.79 Å². The Kier molecular flexibility index (Phi) is 6.49. The van der Waals surface area contributed by atoms with Crippen LogP contribution in [0, 0.1) is 0 Å². The van der Waals surface area contributed by atoms with Crippen molar-refractivity contribution >= 4 is 23.4 Å². The topological polar surface area (TPSA) is 55.1 Å². The third-order valence-corrected chi connectivity index (χ3v) is 4.28. The van der Waals surface area contributed by atoms with Gasteiger partial charge in [-0.05, 0) is 48.7 Å². The molecule has 0 aliphatic carbocycles. The van der Waals surface area contributed by atoms with Crippen molar-refractivity contribution in [2.45, 2.75) is 36.0 Å². The molecule has 0 saturated carbocycles. The maximum Gasteiger partial charge on any atom is 0.238 e. The number of hydrogen-bond donors (Lipinski definition) is 2. The Hall–Kier alpha value is -1.78. The maximum absolute atomic E-state index is 11.3. The van der Waals surface area contributed by atoms with E-state index >= 15 is 0 Å². The van der Waals surface area contributed by atoms with Crippen LogP contribution in [0.3, 0.4) is 0 Å². The van der Waals surface area contributed by atoms with Gasteiger partial charge in [0.05, 0.1) is 6.54 Å². The Labute approximate surface area is 136 Å². The van der Waals surface area contributed by atoms with Crippen LogP contribution in [0.2, 0.25) is 0 Å². The second-order valence-corrected chi connectivity index (χ2v) is 6.28. The standard InChI is InChI=1S/C18H22N2OS/c1-2-3-5-14-8-10-16(11-9-14)22-17-7-4-6-15(12-17)20-18(21)13-19/h4,6-12H,2-3,5,13,19H2,1H3,(H,20,21). The Morgan fingerprint density at radius 2 is 1.91 bits per heavy atom. The van der Waals surface area contributed by atoms with E-state index in [2.05, 4.69) is 36.5 Å². The molecule has 22 heavy (non-hydrogen) atoms. The highest BCUT2D eigenvalue weighted by molar-refractivity contribution is 7.99. The van der Waals surface area contributed by atoms with Crippen LogP contribution in [-0.4, -0.2) is 12.5 Å². The van der Waals surface area contributed by atoms with Crippen molar-refractivity contribution in [1.29, 1.82) is 0 Å². The van der Waals surface area contributed by atoms with E-state index in [0.29, 0.717) is 0 Å². The number of carbonyl (C=O) groups excluding carboxylic acids is 1. The first-order chi connectivity index (χ1) is 10.7. The minimum Gasteiger partial charge on any atom is -0.325 e. The number of unbranched alkanes of at least 4 members (excludes halogenated alkanes) is 1. The lowest BCUT2D eigenvalue weighted by molar-refractivity contribution is -0.114. The van der Waals surface area contributed by atoms with E-state index in [1.807, 2.05) is 24.3 Å². The summed E-state index contributed by atoms with van der Waals surface area (Å²) in [7, 11) is 0. The fourth-order valence-corrected chi connectivity index (χ4v) is 2.97. The van der Waals surface area contributed by atoms with E-state index in [0.717, 1.165) is 17.0 Å². The lowest BCUT2D eigenvalue weighted by Crippen LogP contribution is -2.21. The molecule has 0 aromatic heterocycles. The fraction of sp³-hybridized carbons (Fsp3) is 0.278. The van der Waals surface area contributed by atoms with Crippen molar-refractivity contribution in [3.63, 3.8) is 0 Å². The van der Waals surface area contributed by atoms with E-state index in [-0.39, 0.29) is 12.5 Å². The van der Waals surface area contributed by atoms with Gasteiger partial charge in [-0.3, -0.25) is 4.79 Å². The van der Waals surface area contributed by atoms with Crippen LogP contribution in [0.25, 0.3) is 0 Å². The number of benzene rings is 2. The third-order valence-electron chi connectivity index (χ3n) is 3.28. The Morgan fingerprint density at radius 3 is 2.59 bits per heavy atom. The first-order valence-electron chi connectivity index (χ1n) is 7.58. The van der Waals surface area contributed by atoms with Gasteiger partial charge in [0.25, 0.3) is 0 Å². The Bertz CT molecular complexity index is 611. The molecular weight excluding hydrogens is 292 g/mol. The quantitative estimate of drug-likeness (QED) is 0.809. The molecule has 0 fully saturated rings. The average Bonchev–Trinajstić information content (AvgIpc) is 2.54. The number of anilines is 1. The summed E-state index contributed by atoms with van der Waals surface area (Å²) in [5.74, 6) is -0.178. The lowest BCUT2D eigenvalue weighted by atomic mass is 10.1. The third kappa shape index (κ3) is 5.20. The fourth-order valence-electron chi connectivity index (χ4n) is 2.09. The zero-order valence-electron chi connectivity index (χ0n) is 12.8. The molecule has 0 radical (unpaired) electrons. The second-order valence-electron chi connectivity index (χ2n) is 5.13. The van der Waals surface area contributed by atoms with Crippen LogP contribution in [-0.2, 0) is 11.2 Å². The number of nitrogens with two attached hydrogens (primary N) is 1. The molecule has 2 aromatic carbocycles. The number of nitrogens with one attached hydrogen (secondary N) is 1. The average molecular weight is 314 g/mol. The summed E-state index contributed by atoms with van der Waals surface area (Å²) >= 11 is 1.69. The predicted molar refractivity (Wildman–Crippen MR) is 93.3 cm³/mol. The molecule has 3 N–H and O–H groups in total. The number of amides is 1. The smallest absolute Gasteiger partial charge is 0.238 e. The molecule has 0 saturated heterocycles. The molecule has 0 atom stereocenters. The minimum atomic E-state index is -0.178. The van der Waals surface area contributed by atoms with Gasteiger partial charge in [-0.15, -0.1) is 0 Å². The largest absolute Gasteiger partial charge is 0.325 e.